The molecule has 1 aromatic heterocycles. The van der Waals surface area contributed by atoms with Crippen molar-refractivity contribution in [3.8, 4) is 11.3 Å². The number of anilines is 1. The zero-order valence-corrected chi connectivity index (χ0v) is 18.0. The van der Waals surface area contributed by atoms with Gasteiger partial charge in [-0.3, -0.25) is 10.1 Å². The van der Waals surface area contributed by atoms with Gasteiger partial charge in [0.1, 0.15) is 0 Å². The Morgan fingerprint density at radius 1 is 1.07 bits per heavy atom. The lowest BCUT2D eigenvalue weighted by atomic mass is 10.1. The third-order valence-corrected chi connectivity index (χ3v) is 7.47. The fraction of sp³-hybridized carbons (Fsp3) is 0.238. The van der Waals surface area contributed by atoms with Crippen molar-refractivity contribution >= 4 is 32.4 Å². The summed E-state index contributed by atoms with van der Waals surface area (Å²) < 4.78 is 32.0. The van der Waals surface area contributed by atoms with Crippen LogP contribution in [0.15, 0.2) is 58.8 Å². The highest BCUT2D eigenvalue weighted by molar-refractivity contribution is 7.89. The predicted molar refractivity (Wildman–Crippen MR) is 116 cm³/mol. The average Bonchev–Trinajstić information content (AvgIpc) is 3.23. The molecule has 1 fully saturated rings. The molecule has 0 saturated carbocycles. The van der Waals surface area contributed by atoms with Gasteiger partial charge in [0.15, 0.2) is 5.13 Å². The summed E-state index contributed by atoms with van der Waals surface area (Å²) in [5.74, 6) is -0.338. The number of thiazole rings is 1. The molecule has 0 spiro atoms. The number of carbonyl (C=O) groups is 1. The first-order valence-corrected chi connectivity index (χ1v) is 11.8. The lowest BCUT2D eigenvalue weighted by Gasteiger charge is -2.26. The number of carbonyl (C=O) groups excluding carboxylic acids is 1. The first-order chi connectivity index (χ1) is 14.4. The SMILES string of the molecule is Cc1ccc(-c2csc(NC(=O)c3ccc(S(=O)(=O)N4CCOCC4)cc3)n2)cc1. The Kier molecular flexibility index (Phi) is 5.96. The highest BCUT2D eigenvalue weighted by Gasteiger charge is 2.26. The third kappa shape index (κ3) is 4.44. The van der Waals surface area contributed by atoms with Crippen LogP contribution in [0.5, 0.6) is 0 Å². The van der Waals surface area contributed by atoms with E-state index in [0.29, 0.717) is 37.0 Å². The number of hydrogen-bond donors (Lipinski definition) is 1. The van der Waals surface area contributed by atoms with Crippen LogP contribution >= 0.6 is 11.3 Å². The fourth-order valence-electron chi connectivity index (χ4n) is 3.07. The molecule has 2 aromatic carbocycles. The standard InChI is InChI=1S/C21H21N3O4S2/c1-15-2-4-16(5-3-15)19-14-29-21(22-19)23-20(25)17-6-8-18(9-7-17)30(26,27)24-10-12-28-13-11-24/h2-9,14H,10-13H2,1H3,(H,22,23,25). The number of aryl methyl sites for hydroxylation is 1. The summed E-state index contributed by atoms with van der Waals surface area (Å²) in [6, 6.07) is 13.9. The lowest BCUT2D eigenvalue weighted by Crippen LogP contribution is -2.40. The van der Waals surface area contributed by atoms with Gasteiger partial charge in [-0.2, -0.15) is 4.31 Å². The van der Waals surface area contributed by atoms with Crippen molar-refractivity contribution in [2.45, 2.75) is 11.8 Å². The molecule has 1 aliphatic rings. The number of ether oxygens (including phenoxy) is 1. The largest absolute Gasteiger partial charge is 0.379 e. The van der Waals surface area contributed by atoms with Crippen molar-refractivity contribution in [3.05, 3.63) is 65.0 Å². The molecular weight excluding hydrogens is 422 g/mol. The average molecular weight is 444 g/mol. The van der Waals surface area contributed by atoms with E-state index in [4.69, 9.17) is 4.74 Å². The molecule has 9 heteroatoms. The Hall–Kier alpha value is -2.59. The third-order valence-electron chi connectivity index (χ3n) is 4.80. The Bertz CT molecular complexity index is 1130. The number of morpholine rings is 1. The minimum atomic E-state index is -3.58. The summed E-state index contributed by atoms with van der Waals surface area (Å²) in [5, 5.41) is 5.15. The van der Waals surface area contributed by atoms with Gasteiger partial charge in [-0.05, 0) is 31.2 Å². The summed E-state index contributed by atoms with van der Waals surface area (Å²) in [7, 11) is -3.58. The maximum absolute atomic E-state index is 12.7. The van der Waals surface area contributed by atoms with E-state index in [-0.39, 0.29) is 10.8 Å². The summed E-state index contributed by atoms with van der Waals surface area (Å²) in [6.07, 6.45) is 0. The Balaban J connectivity index is 1.45. The van der Waals surface area contributed by atoms with Crippen LogP contribution in [0.3, 0.4) is 0 Å². The van der Waals surface area contributed by atoms with Gasteiger partial charge < -0.3 is 4.74 Å². The van der Waals surface area contributed by atoms with Crippen LogP contribution in [-0.4, -0.2) is 49.9 Å². The second-order valence-electron chi connectivity index (χ2n) is 6.90. The monoisotopic (exact) mass is 443 g/mol. The number of rotatable bonds is 5. The van der Waals surface area contributed by atoms with Crippen molar-refractivity contribution in [3.63, 3.8) is 0 Å². The number of hydrogen-bond acceptors (Lipinski definition) is 6. The number of nitrogens with zero attached hydrogens (tertiary/aromatic N) is 2. The molecule has 0 aliphatic carbocycles. The fourth-order valence-corrected chi connectivity index (χ4v) is 5.19. The normalized spacial score (nSPS) is 15.1. The second-order valence-corrected chi connectivity index (χ2v) is 9.69. The molecular formula is C21H21N3O4S2. The molecule has 4 rings (SSSR count). The van der Waals surface area contributed by atoms with Crippen LogP contribution in [0.4, 0.5) is 5.13 Å². The van der Waals surface area contributed by atoms with Gasteiger partial charge in [0.25, 0.3) is 5.91 Å². The molecule has 1 amide bonds. The van der Waals surface area contributed by atoms with E-state index in [1.165, 1.54) is 45.5 Å². The van der Waals surface area contributed by atoms with Crippen molar-refractivity contribution < 1.29 is 17.9 Å². The molecule has 0 radical (unpaired) electrons. The number of sulfonamides is 1. The van der Waals surface area contributed by atoms with E-state index in [9.17, 15) is 13.2 Å². The van der Waals surface area contributed by atoms with Crippen LogP contribution in [0.2, 0.25) is 0 Å². The van der Waals surface area contributed by atoms with Gasteiger partial charge in [0.2, 0.25) is 10.0 Å². The summed E-state index contributed by atoms with van der Waals surface area (Å²) >= 11 is 1.34. The van der Waals surface area contributed by atoms with Crippen molar-refractivity contribution in [1.82, 2.24) is 9.29 Å². The van der Waals surface area contributed by atoms with Gasteiger partial charge in [-0.15, -0.1) is 11.3 Å². The lowest BCUT2D eigenvalue weighted by molar-refractivity contribution is 0.0730. The molecule has 0 unspecified atom stereocenters. The van der Waals surface area contributed by atoms with Crippen LogP contribution in [0.1, 0.15) is 15.9 Å². The van der Waals surface area contributed by atoms with Crippen LogP contribution < -0.4 is 5.32 Å². The Morgan fingerprint density at radius 2 is 1.73 bits per heavy atom. The molecule has 1 saturated heterocycles. The molecule has 1 N–H and O–H groups in total. The van der Waals surface area contributed by atoms with Crippen molar-refractivity contribution in [2.75, 3.05) is 31.6 Å². The molecule has 30 heavy (non-hydrogen) atoms. The van der Waals surface area contributed by atoms with Crippen LogP contribution in [0.25, 0.3) is 11.3 Å². The summed E-state index contributed by atoms with van der Waals surface area (Å²) in [4.78, 5) is 17.2. The topological polar surface area (TPSA) is 88.6 Å². The first kappa shape index (κ1) is 20.7. The van der Waals surface area contributed by atoms with E-state index in [1.807, 2.05) is 36.6 Å². The zero-order valence-electron chi connectivity index (χ0n) is 16.4. The molecule has 7 nitrogen and oxygen atoms in total. The number of aromatic nitrogens is 1. The maximum Gasteiger partial charge on any atom is 0.257 e. The second kappa shape index (κ2) is 8.65. The van der Waals surface area contributed by atoms with Gasteiger partial charge in [0, 0.05) is 29.6 Å². The molecule has 3 aromatic rings. The van der Waals surface area contributed by atoms with Gasteiger partial charge >= 0.3 is 0 Å². The van der Waals surface area contributed by atoms with Gasteiger partial charge in [0.05, 0.1) is 23.8 Å². The quantitative estimate of drug-likeness (QED) is 0.653. The summed E-state index contributed by atoms with van der Waals surface area (Å²) in [5.41, 5.74) is 3.31. The van der Waals surface area contributed by atoms with Crippen LogP contribution in [-0.2, 0) is 14.8 Å². The highest BCUT2D eigenvalue weighted by Crippen LogP contribution is 2.26. The minimum absolute atomic E-state index is 0.164. The molecule has 0 bridgehead atoms. The highest BCUT2D eigenvalue weighted by atomic mass is 32.2. The Morgan fingerprint density at radius 3 is 2.40 bits per heavy atom. The first-order valence-electron chi connectivity index (χ1n) is 9.45. The summed E-state index contributed by atoms with van der Waals surface area (Å²) in [6.45, 7) is 3.46. The van der Waals surface area contributed by atoms with Gasteiger partial charge in [-0.1, -0.05) is 29.8 Å². The van der Waals surface area contributed by atoms with Crippen molar-refractivity contribution in [2.24, 2.45) is 0 Å². The maximum atomic E-state index is 12.7. The minimum Gasteiger partial charge on any atom is -0.379 e. The van der Waals surface area contributed by atoms with Gasteiger partial charge in [-0.25, -0.2) is 13.4 Å². The predicted octanol–water partition coefficient (Wildman–Crippen LogP) is 3.39. The van der Waals surface area contributed by atoms with E-state index >= 15 is 0 Å². The van der Waals surface area contributed by atoms with Crippen LogP contribution in [0, 0.1) is 6.92 Å². The smallest absolute Gasteiger partial charge is 0.257 e. The van der Waals surface area contributed by atoms with E-state index in [2.05, 4.69) is 10.3 Å². The van der Waals surface area contributed by atoms with Crippen molar-refractivity contribution in [1.29, 1.82) is 0 Å². The number of amides is 1. The molecule has 2 heterocycles. The van der Waals surface area contributed by atoms with E-state index < -0.39 is 10.0 Å². The molecule has 156 valence electrons. The molecule has 0 atom stereocenters. The van der Waals surface area contributed by atoms with E-state index in [0.717, 1.165) is 11.3 Å². The van der Waals surface area contributed by atoms with E-state index in [1.54, 1.807) is 0 Å². The number of benzene rings is 2. The number of nitrogens with one attached hydrogen (secondary N) is 1. The zero-order chi connectivity index (χ0) is 21.1. The molecule has 1 aliphatic heterocycles. The Labute approximate surface area is 179 Å².